The maximum atomic E-state index is 11.0. The maximum absolute atomic E-state index is 11.0. The highest BCUT2D eigenvalue weighted by molar-refractivity contribution is 8.77. The number of ether oxygens (including phenoxy) is 2. The minimum absolute atomic E-state index is 0.0595. The van der Waals surface area contributed by atoms with Crippen molar-refractivity contribution in [3.8, 4) is 0 Å². The van der Waals surface area contributed by atoms with Crippen molar-refractivity contribution in [1.82, 2.24) is 4.98 Å². The van der Waals surface area contributed by atoms with Crippen molar-refractivity contribution in [2.45, 2.75) is 23.6 Å². The highest BCUT2D eigenvalue weighted by Crippen LogP contribution is 2.40. The largest absolute Gasteiger partial charge is 0.509 e. The average molecular weight is 353 g/mol. The molecule has 21 heavy (non-hydrogen) atoms. The maximum Gasteiger partial charge on any atom is 0.509 e. The molecule has 10 heteroatoms. The van der Waals surface area contributed by atoms with Crippen LogP contribution in [0.1, 0.15) is 13.8 Å². The Labute approximate surface area is 134 Å². The first-order valence-electron chi connectivity index (χ1n) is 5.66. The molecule has 0 unspecified atom stereocenters. The number of aromatic nitrogens is 1. The van der Waals surface area contributed by atoms with E-state index in [1.165, 1.54) is 33.9 Å². The van der Waals surface area contributed by atoms with Crippen molar-refractivity contribution in [2.75, 3.05) is 12.7 Å². The summed E-state index contributed by atoms with van der Waals surface area (Å²) in [6, 6.07) is 2.69. The van der Waals surface area contributed by atoms with Crippen molar-refractivity contribution in [3.05, 3.63) is 28.4 Å². The monoisotopic (exact) mass is 352 g/mol. The van der Waals surface area contributed by atoms with Crippen molar-refractivity contribution < 1.29 is 19.2 Å². The van der Waals surface area contributed by atoms with Crippen LogP contribution in [0.2, 0.25) is 0 Å². The Bertz CT molecular complexity index is 498. The van der Waals surface area contributed by atoms with Crippen molar-refractivity contribution in [3.63, 3.8) is 0 Å². The van der Waals surface area contributed by atoms with Crippen LogP contribution < -0.4 is 0 Å². The minimum Gasteiger partial charge on any atom is -0.433 e. The van der Waals surface area contributed by atoms with Crippen LogP contribution in [0.3, 0.4) is 0 Å². The molecule has 0 N–H and O–H groups in total. The van der Waals surface area contributed by atoms with E-state index in [-0.39, 0.29) is 23.1 Å². The number of carbonyl (C=O) groups excluding carboxylic acids is 1. The standard InChI is InChI=1S/C11H13ClN2O5S2/c1-11(2,6-18-10(15)19-7-12)21-20-9-4-3-8(5-13-9)14(16)17/h3-5H,6-7H2,1-2H3. The lowest BCUT2D eigenvalue weighted by Crippen LogP contribution is -2.24. The Kier molecular flexibility index (Phi) is 7.06. The molecule has 7 nitrogen and oxygen atoms in total. The van der Waals surface area contributed by atoms with E-state index in [0.29, 0.717) is 5.03 Å². The molecule has 0 radical (unpaired) electrons. The second kappa shape index (κ2) is 8.30. The summed E-state index contributed by atoms with van der Waals surface area (Å²) in [5.41, 5.74) is -0.0595. The van der Waals surface area contributed by atoms with E-state index in [2.05, 4.69) is 9.72 Å². The molecule has 116 valence electrons. The van der Waals surface area contributed by atoms with Gasteiger partial charge in [0.15, 0.2) is 6.07 Å². The zero-order valence-corrected chi connectivity index (χ0v) is 13.7. The first-order chi connectivity index (χ1) is 9.84. The molecule has 0 spiro atoms. The van der Waals surface area contributed by atoms with E-state index in [1.807, 2.05) is 13.8 Å². The Morgan fingerprint density at radius 2 is 2.19 bits per heavy atom. The number of nitro groups is 1. The smallest absolute Gasteiger partial charge is 0.433 e. The molecule has 0 saturated heterocycles. The number of carbonyl (C=O) groups is 1. The number of halogens is 1. The molecule has 0 atom stereocenters. The summed E-state index contributed by atoms with van der Waals surface area (Å²) in [6.45, 7) is 3.89. The number of pyridine rings is 1. The second-order valence-corrected chi connectivity index (χ2v) is 7.41. The molecule has 1 heterocycles. The van der Waals surface area contributed by atoms with Crippen LogP contribution in [0, 0.1) is 10.1 Å². The predicted octanol–water partition coefficient (Wildman–Crippen LogP) is 3.86. The van der Waals surface area contributed by atoms with Crippen LogP contribution in [0.4, 0.5) is 10.5 Å². The van der Waals surface area contributed by atoms with Crippen molar-refractivity contribution >= 4 is 45.0 Å². The molecule has 0 aliphatic heterocycles. The second-order valence-electron chi connectivity index (χ2n) is 4.33. The van der Waals surface area contributed by atoms with Gasteiger partial charge < -0.3 is 9.47 Å². The van der Waals surface area contributed by atoms with Crippen molar-refractivity contribution in [2.24, 2.45) is 0 Å². The topological polar surface area (TPSA) is 91.6 Å². The van der Waals surface area contributed by atoms with Gasteiger partial charge >= 0.3 is 6.16 Å². The number of rotatable bonds is 7. The lowest BCUT2D eigenvalue weighted by Gasteiger charge is -2.21. The molecule has 0 saturated carbocycles. The van der Waals surface area contributed by atoms with Crippen LogP contribution >= 0.6 is 33.2 Å². The van der Waals surface area contributed by atoms with Crippen LogP contribution in [0.25, 0.3) is 0 Å². The molecule has 0 bridgehead atoms. The van der Waals surface area contributed by atoms with E-state index in [4.69, 9.17) is 16.3 Å². The van der Waals surface area contributed by atoms with E-state index >= 15 is 0 Å². The summed E-state index contributed by atoms with van der Waals surface area (Å²) in [5.74, 6) is 0. The molecule has 0 aliphatic rings. The summed E-state index contributed by atoms with van der Waals surface area (Å²) in [6.07, 6.45) is 0.377. The number of alkyl halides is 1. The summed E-state index contributed by atoms with van der Waals surface area (Å²) >= 11 is 5.23. The molecule has 1 aromatic heterocycles. The van der Waals surface area contributed by atoms with Gasteiger partial charge in [0.25, 0.3) is 5.69 Å². The van der Waals surface area contributed by atoms with Gasteiger partial charge in [0.05, 0.1) is 9.67 Å². The summed E-state index contributed by atoms with van der Waals surface area (Å²) in [7, 11) is 2.76. The van der Waals surface area contributed by atoms with Crippen LogP contribution in [-0.2, 0) is 9.47 Å². The zero-order valence-electron chi connectivity index (χ0n) is 11.3. The average Bonchev–Trinajstić information content (AvgIpc) is 2.44. The van der Waals surface area contributed by atoms with E-state index in [0.717, 1.165) is 0 Å². The quantitative estimate of drug-likeness (QED) is 0.240. The zero-order chi connectivity index (χ0) is 15.9. The lowest BCUT2D eigenvalue weighted by atomic mass is 10.2. The first-order valence-corrected chi connectivity index (χ1v) is 8.34. The van der Waals surface area contributed by atoms with Crippen LogP contribution in [0.15, 0.2) is 23.4 Å². The fraction of sp³-hybridized carbons (Fsp3) is 0.455. The molecule has 0 amide bonds. The highest BCUT2D eigenvalue weighted by atomic mass is 35.5. The normalized spacial score (nSPS) is 11.0. The number of nitrogens with zero attached hydrogens (tertiary/aromatic N) is 2. The van der Waals surface area contributed by atoms with E-state index < -0.39 is 11.1 Å². The molecule has 1 aromatic rings. The van der Waals surface area contributed by atoms with Gasteiger partial charge in [0.2, 0.25) is 0 Å². The first kappa shape index (κ1) is 17.9. The minimum atomic E-state index is -0.822. The Morgan fingerprint density at radius 3 is 2.71 bits per heavy atom. The van der Waals surface area contributed by atoms with Gasteiger partial charge in [0.1, 0.15) is 17.8 Å². The molecule has 0 aliphatic carbocycles. The van der Waals surface area contributed by atoms with Crippen LogP contribution in [0.5, 0.6) is 0 Å². The molecule has 0 fully saturated rings. The Hall–Kier alpha value is -1.19. The Balaban J connectivity index is 2.45. The third kappa shape index (κ3) is 6.87. The van der Waals surface area contributed by atoms with Crippen LogP contribution in [-0.4, -0.2) is 33.5 Å². The third-order valence-electron chi connectivity index (χ3n) is 1.99. The van der Waals surface area contributed by atoms with Gasteiger partial charge in [-0.15, -0.1) is 0 Å². The van der Waals surface area contributed by atoms with Gasteiger partial charge in [-0.2, -0.15) is 0 Å². The fourth-order valence-electron chi connectivity index (χ4n) is 1.03. The SMILES string of the molecule is CC(C)(COC(=O)OCCl)SSc1ccc([N+](=O)[O-])cn1. The number of hydrogen-bond acceptors (Lipinski definition) is 8. The highest BCUT2D eigenvalue weighted by Gasteiger charge is 2.23. The van der Waals surface area contributed by atoms with Gasteiger partial charge in [-0.05, 0) is 30.7 Å². The fourth-order valence-corrected chi connectivity index (χ4v) is 3.13. The summed E-state index contributed by atoms with van der Waals surface area (Å²) < 4.78 is 8.95. The summed E-state index contributed by atoms with van der Waals surface area (Å²) in [5, 5.41) is 11.1. The molecular weight excluding hydrogens is 340 g/mol. The van der Waals surface area contributed by atoms with Gasteiger partial charge in [-0.3, -0.25) is 10.1 Å². The van der Waals surface area contributed by atoms with E-state index in [1.54, 1.807) is 6.07 Å². The van der Waals surface area contributed by atoms with Gasteiger partial charge in [-0.1, -0.05) is 22.4 Å². The lowest BCUT2D eigenvalue weighted by molar-refractivity contribution is -0.385. The third-order valence-corrected chi connectivity index (χ3v) is 5.28. The molecule has 1 rings (SSSR count). The van der Waals surface area contributed by atoms with E-state index in [9.17, 15) is 14.9 Å². The summed E-state index contributed by atoms with van der Waals surface area (Å²) in [4.78, 5) is 25.0. The van der Waals surface area contributed by atoms with Gasteiger partial charge in [0, 0.05) is 6.07 Å². The van der Waals surface area contributed by atoms with Gasteiger partial charge in [-0.25, -0.2) is 9.78 Å². The number of hydrogen-bond donors (Lipinski definition) is 0. The Morgan fingerprint density at radius 1 is 1.48 bits per heavy atom. The predicted molar refractivity (Wildman–Crippen MR) is 81.6 cm³/mol. The molecule has 0 aromatic carbocycles. The molecular formula is C11H13ClN2O5S2. The van der Waals surface area contributed by atoms with Crippen molar-refractivity contribution in [1.29, 1.82) is 0 Å².